The molecule has 114 valence electrons. The third-order valence-corrected chi connectivity index (χ3v) is 3.93. The number of unbranched alkanes of at least 4 members (excludes halogenated alkanes) is 1. The van der Waals surface area contributed by atoms with Gasteiger partial charge in [0.1, 0.15) is 4.83 Å². The average Bonchev–Trinajstić information content (AvgIpc) is 2.91. The second-order valence-corrected chi connectivity index (χ2v) is 5.41. The van der Waals surface area contributed by atoms with Crippen LogP contribution >= 0.6 is 11.3 Å². The SMILES string of the molecule is CCCCOC(=O)c1csc2ncn(CCOC)c(=O)c12. The van der Waals surface area contributed by atoms with Gasteiger partial charge < -0.3 is 9.47 Å². The van der Waals surface area contributed by atoms with E-state index in [4.69, 9.17) is 9.47 Å². The molecule has 0 atom stereocenters. The van der Waals surface area contributed by atoms with Crippen molar-refractivity contribution in [3.63, 3.8) is 0 Å². The van der Waals surface area contributed by atoms with Crippen LogP contribution < -0.4 is 5.56 Å². The van der Waals surface area contributed by atoms with Crippen molar-refractivity contribution in [2.45, 2.75) is 26.3 Å². The average molecular weight is 310 g/mol. The Balaban J connectivity index is 2.32. The topological polar surface area (TPSA) is 70.4 Å². The first kappa shape index (κ1) is 15.7. The molecule has 2 rings (SSSR count). The number of fused-ring (bicyclic) bond motifs is 1. The van der Waals surface area contributed by atoms with Gasteiger partial charge in [0.2, 0.25) is 0 Å². The lowest BCUT2D eigenvalue weighted by molar-refractivity contribution is 0.0502. The van der Waals surface area contributed by atoms with Crippen molar-refractivity contribution in [2.75, 3.05) is 20.3 Å². The Bertz CT molecular complexity index is 677. The second-order valence-electron chi connectivity index (χ2n) is 4.55. The first-order valence-electron chi connectivity index (χ1n) is 6.81. The van der Waals surface area contributed by atoms with Gasteiger partial charge in [0.05, 0.1) is 37.0 Å². The van der Waals surface area contributed by atoms with Gasteiger partial charge in [-0.25, -0.2) is 9.78 Å². The maximum Gasteiger partial charge on any atom is 0.339 e. The lowest BCUT2D eigenvalue weighted by atomic mass is 10.2. The van der Waals surface area contributed by atoms with Crippen molar-refractivity contribution in [2.24, 2.45) is 0 Å². The maximum absolute atomic E-state index is 12.4. The van der Waals surface area contributed by atoms with E-state index in [0.29, 0.717) is 35.5 Å². The van der Waals surface area contributed by atoms with Crippen molar-refractivity contribution >= 4 is 27.5 Å². The van der Waals surface area contributed by atoms with E-state index in [9.17, 15) is 9.59 Å². The van der Waals surface area contributed by atoms with E-state index in [2.05, 4.69) is 4.98 Å². The van der Waals surface area contributed by atoms with Crippen LogP contribution in [0.5, 0.6) is 0 Å². The zero-order chi connectivity index (χ0) is 15.2. The lowest BCUT2D eigenvalue weighted by Crippen LogP contribution is -2.23. The van der Waals surface area contributed by atoms with E-state index >= 15 is 0 Å². The number of thiophene rings is 1. The van der Waals surface area contributed by atoms with Gasteiger partial charge in [-0.15, -0.1) is 11.3 Å². The highest BCUT2D eigenvalue weighted by Gasteiger charge is 2.18. The Kier molecular flexibility index (Phi) is 5.46. The van der Waals surface area contributed by atoms with Gasteiger partial charge in [-0.05, 0) is 6.42 Å². The van der Waals surface area contributed by atoms with Gasteiger partial charge in [-0.2, -0.15) is 0 Å². The van der Waals surface area contributed by atoms with Crippen molar-refractivity contribution in [1.29, 1.82) is 0 Å². The standard InChI is InChI=1S/C14H18N2O4S/c1-3-4-6-20-14(18)10-8-21-12-11(10)13(17)16(9-15-12)5-7-19-2/h8-9H,3-7H2,1-2H3. The summed E-state index contributed by atoms with van der Waals surface area (Å²) in [5.74, 6) is -0.460. The molecule has 0 saturated heterocycles. The molecule has 0 fully saturated rings. The van der Waals surface area contributed by atoms with Crippen LogP contribution in [0.2, 0.25) is 0 Å². The third-order valence-electron chi connectivity index (χ3n) is 3.05. The van der Waals surface area contributed by atoms with Crippen LogP contribution in [0, 0.1) is 0 Å². The van der Waals surface area contributed by atoms with E-state index in [1.807, 2.05) is 6.92 Å². The summed E-state index contributed by atoms with van der Waals surface area (Å²) in [6.45, 7) is 3.20. The highest BCUT2D eigenvalue weighted by atomic mass is 32.1. The van der Waals surface area contributed by atoms with Crippen LogP contribution in [0.4, 0.5) is 0 Å². The van der Waals surface area contributed by atoms with Crippen LogP contribution in [0.3, 0.4) is 0 Å². The molecule has 0 N–H and O–H groups in total. The molecule has 0 aromatic carbocycles. The molecule has 21 heavy (non-hydrogen) atoms. The number of hydrogen-bond donors (Lipinski definition) is 0. The van der Waals surface area contributed by atoms with Gasteiger partial charge in [-0.1, -0.05) is 13.3 Å². The predicted octanol–water partition coefficient (Wildman–Crippen LogP) is 2.06. The Hall–Kier alpha value is -1.73. The number of hydrogen-bond acceptors (Lipinski definition) is 6. The van der Waals surface area contributed by atoms with E-state index < -0.39 is 5.97 Å². The van der Waals surface area contributed by atoms with Gasteiger partial charge in [-0.3, -0.25) is 9.36 Å². The van der Waals surface area contributed by atoms with Crippen molar-refractivity contribution in [3.8, 4) is 0 Å². The number of ether oxygens (including phenoxy) is 2. The summed E-state index contributed by atoms with van der Waals surface area (Å²) in [6, 6.07) is 0. The summed E-state index contributed by atoms with van der Waals surface area (Å²) < 4.78 is 11.6. The number of methoxy groups -OCH3 is 1. The predicted molar refractivity (Wildman–Crippen MR) is 80.9 cm³/mol. The summed E-state index contributed by atoms with van der Waals surface area (Å²) in [5.41, 5.74) is 0.0658. The normalized spacial score (nSPS) is 11.0. The number of rotatable bonds is 7. The molecule has 0 saturated carbocycles. The third kappa shape index (κ3) is 3.48. The molecule has 2 aromatic heterocycles. The molecule has 0 unspecified atom stereocenters. The van der Waals surface area contributed by atoms with Gasteiger partial charge in [0.25, 0.3) is 5.56 Å². The minimum Gasteiger partial charge on any atom is -0.462 e. The van der Waals surface area contributed by atoms with Gasteiger partial charge in [0, 0.05) is 12.5 Å². The fourth-order valence-electron chi connectivity index (χ4n) is 1.85. The molecule has 0 bridgehead atoms. The molecule has 0 radical (unpaired) electrons. The van der Waals surface area contributed by atoms with Crippen molar-refractivity contribution in [3.05, 3.63) is 27.6 Å². The summed E-state index contributed by atoms with van der Waals surface area (Å²) in [4.78, 5) is 29.2. The van der Waals surface area contributed by atoms with Crippen molar-refractivity contribution in [1.82, 2.24) is 9.55 Å². The molecule has 0 amide bonds. The zero-order valence-corrected chi connectivity index (χ0v) is 12.9. The van der Waals surface area contributed by atoms with Crippen LogP contribution in [-0.4, -0.2) is 35.8 Å². The Morgan fingerprint density at radius 2 is 2.24 bits per heavy atom. The number of carbonyl (C=O) groups is 1. The molecule has 2 aromatic rings. The zero-order valence-electron chi connectivity index (χ0n) is 12.1. The van der Waals surface area contributed by atoms with Gasteiger partial charge >= 0.3 is 5.97 Å². The first-order valence-corrected chi connectivity index (χ1v) is 7.69. The van der Waals surface area contributed by atoms with Gasteiger partial charge in [0.15, 0.2) is 0 Å². The first-order chi connectivity index (χ1) is 10.2. The van der Waals surface area contributed by atoms with E-state index in [-0.39, 0.29) is 5.56 Å². The fraction of sp³-hybridized carbons (Fsp3) is 0.500. The van der Waals surface area contributed by atoms with Crippen LogP contribution in [0.25, 0.3) is 10.2 Å². The Morgan fingerprint density at radius 3 is 2.95 bits per heavy atom. The molecule has 6 nitrogen and oxygen atoms in total. The monoisotopic (exact) mass is 310 g/mol. The van der Waals surface area contributed by atoms with E-state index in [0.717, 1.165) is 12.8 Å². The summed E-state index contributed by atoms with van der Waals surface area (Å²) in [5, 5.41) is 1.97. The summed E-state index contributed by atoms with van der Waals surface area (Å²) in [7, 11) is 1.57. The van der Waals surface area contributed by atoms with E-state index in [1.165, 1.54) is 22.2 Å². The second kappa shape index (κ2) is 7.33. The van der Waals surface area contributed by atoms with Crippen LogP contribution in [0.15, 0.2) is 16.5 Å². The molecular formula is C14H18N2O4S. The minimum absolute atomic E-state index is 0.235. The number of nitrogens with zero attached hydrogens (tertiary/aromatic N) is 2. The highest BCUT2D eigenvalue weighted by molar-refractivity contribution is 7.17. The van der Waals surface area contributed by atoms with Crippen molar-refractivity contribution < 1.29 is 14.3 Å². The summed E-state index contributed by atoms with van der Waals surface area (Å²) >= 11 is 1.27. The Labute approximate surface area is 126 Å². The molecule has 0 aliphatic heterocycles. The molecule has 0 spiro atoms. The largest absolute Gasteiger partial charge is 0.462 e. The lowest BCUT2D eigenvalue weighted by Gasteiger charge is -2.05. The summed E-state index contributed by atoms with van der Waals surface area (Å²) in [6.07, 6.45) is 3.24. The maximum atomic E-state index is 12.4. The van der Waals surface area contributed by atoms with E-state index in [1.54, 1.807) is 12.5 Å². The molecule has 2 heterocycles. The highest BCUT2D eigenvalue weighted by Crippen LogP contribution is 2.21. The molecule has 0 aliphatic rings. The molecular weight excluding hydrogens is 292 g/mol. The van der Waals surface area contributed by atoms with Crippen LogP contribution in [-0.2, 0) is 16.0 Å². The minimum atomic E-state index is -0.460. The molecule has 7 heteroatoms. The fourth-order valence-corrected chi connectivity index (χ4v) is 2.72. The number of carbonyl (C=O) groups excluding carboxylic acids is 1. The quantitative estimate of drug-likeness (QED) is 0.578. The van der Waals surface area contributed by atoms with Crippen LogP contribution in [0.1, 0.15) is 30.1 Å². The smallest absolute Gasteiger partial charge is 0.339 e. The molecule has 0 aliphatic carbocycles. The number of aromatic nitrogens is 2. The number of esters is 1. The Morgan fingerprint density at radius 1 is 1.43 bits per heavy atom.